The van der Waals surface area contributed by atoms with Gasteiger partial charge >= 0.3 is 11.0 Å². The lowest BCUT2D eigenvalue weighted by Crippen LogP contribution is -2.43. The van der Waals surface area contributed by atoms with Gasteiger partial charge in [0.05, 0.1) is 34.8 Å². The van der Waals surface area contributed by atoms with Crippen LogP contribution < -0.4 is 15.3 Å². The number of carbonyl (C=O) groups is 1. The van der Waals surface area contributed by atoms with Crippen LogP contribution in [0.15, 0.2) is 23.0 Å². The van der Waals surface area contributed by atoms with Crippen molar-refractivity contribution in [2.75, 3.05) is 19.6 Å². The molecule has 182 valence electrons. The van der Waals surface area contributed by atoms with Crippen LogP contribution in [0.1, 0.15) is 28.2 Å². The fourth-order valence-electron chi connectivity index (χ4n) is 3.70. The van der Waals surface area contributed by atoms with Gasteiger partial charge in [-0.1, -0.05) is 34.5 Å². The number of thiazole rings is 1. The van der Waals surface area contributed by atoms with Gasteiger partial charge in [-0.15, -0.1) is 0 Å². The summed E-state index contributed by atoms with van der Waals surface area (Å²) in [6.45, 7) is 0.958. The van der Waals surface area contributed by atoms with Crippen LogP contribution in [0.3, 0.4) is 0 Å². The third-order valence-electron chi connectivity index (χ3n) is 5.18. The maximum atomic E-state index is 13.0. The quantitative estimate of drug-likeness (QED) is 0.548. The molecule has 1 fully saturated rings. The van der Waals surface area contributed by atoms with Gasteiger partial charge in [0.1, 0.15) is 16.7 Å². The van der Waals surface area contributed by atoms with E-state index in [4.69, 9.17) is 33.7 Å². The second-order valence-electron chi connectivity index (χ2n) is 7.76. The van der Waals surface area contributed by atoms with Crippen molar-refractivity contribution in [1.82, 2.24) is 9.47 Å². The highest BCUT2D eigenvalue weighted by Gasteiger charge is 2.34. The second-order valence-corrected chi connectivity index (χ2v) is 9.53. The Bertz CT molecular complexity index is 1050. The van der Waals surface area contributed by atoms with E-state index in [1.807, 2.05) is 4.90 Å². The Morgan fingerprint density at radius 3 is 2.48 bits per heavy atom. The molecule has 1 amide bonds. The molecule has 13 heteroatoms. The van der Waals surface area contributed by atoms with Gasteiger partial charge in [-0.2, -0.15) is 13.2 Å². The number of aliphatic hydroxyl groups excluding tert-OH is 1. The van der Waals surface area contributed by atoms with Crippen LogP contribution >= 0.6 is 34.5 Å². The van der Waals surface area contributed by atoms with E-state index in [2.05, 4.69) is 0 Å². The van der Waals surface area contributed by atoms with E-state index < -0.39 is 40.1 Å². The van der Waals surface area contributed by atoms with Crippen LogP contribution in [0.4, 0.5) is 13.2 Å². The molecule has 0 bridgehead atoms. The smallest absolute Gasteiger partial charge is 0.394 e. The molecule has 7 nitrogen and oxygen atoms in total. The molecule has 2 heterocycles. The first-order valence-corrected chi connectivity index (χ1v) is 11.6. The summed E-state index contributed by atoms with van der Waals surface area (Å²) in [7, 11) is 0. The second kappa shape index (κ2) is 10.6. The number of aliphatic hydroxyl groups is 1. The average molecular weight is 528 g/mol. The van der Waals surface area contributed by atoms with Gasteiger partial charge in [0.15, 0.2) is 0 Å². The van der Waals surface area contributed by atoms with Crippen molar-refractivity contribution in [3.63, 3.8) is 0 Å². The zero-order valence-corrected chi connectivity index (χ0v) is 19.6. The first-order chi connectivity index (χ1) is 15.4. The number of halogens is 5. The normalized spacial score (nSPS) is 16.7. The van der Waals surface area contributed by atoms with Gasteiger partial charge in [0.2, 0.25) is 0 Å². The molecule has 0 aliphatic carbocycles. The Labute approximate surface area is 201 Å². The van der Waals surface area contributed by atoms with Crippen molar-refractivity contribution in [3.8, 4) is 5.75 Å². The van der Waals surface area contributed by atoms with Crippen molar-refractivity contribution in [1.29, 1.82) is 0 Å². The van der Waals surface area contributed by atoms with E-state index in [0.29, 0.717) is 53.1 Å². The molecule has 1 aromatic carbocycles. The van der Waals surface area contributed by atoms with E-state index >= 15 is 0 Å². The summed E-state index contributed by atoms with van der Waals surface area (Å²) in [4.78, 5) is 24.4. The van der Waals surface area contributed by atoms with Gasteiger partial charge in [-0.05, 0) is 25.0 Å². The van der Waals surface area contributed by atoms with Crippen LogP contribution in [0, 0.1) is 0 Å². The lowest BCUT2D eigenvalue weighted by atomic mass is 10.1. The molecule has 3 rings (SSSR count). The van der Waals surface area contributed by atoms with Crippen LogP contribution in [0.2, 0.25) is 10.0 Å². The number of hydrogen-bond donors (Lipinski definition) is 2. The summed E-state index contributed by atoms with van der Waals surface area (Å²) in [6, 6.07) is 5.01. The molecule has 1 aliphatic heterocycles. The Morgan fingerprint density at radius 1 is 1.24 bits per heavy atom. The number of carbonyl (C=O) groups excluding carboxylic acids is 1. The Morgan fingerprint density at radius 2 is 1.91 bits per heavy atom. The third-order valence-corrected chi connectivity index (χ3v) is 6.96. The van der Waals surface area contributed by atoms with Gasteiger partial charge in [-0.3, -0.25) is 14.2 Å². The number of amides is 1. The fraction of sp³-hybridized carbons (Fsp3) is 0.500. The number of benzene rings is 1. The minimum Gasteiger partial charge on any atom is -0.490 e. The SMILES string of the molecule is NC(=O)c1sc(=O)n(C[C@H](O)CN2CCC(Oc3ccc(Cl)c(Cl)c3)CC2)c1CC(F)(F)F. The van der Waals surface area contributed by atoms with E-state index in [9.17, 15) is 27.9 Å². The molecule has 1 saturated heterocycles. The molecule has 0 unspecified atom stereocenters. The number of likely N-dealkylation sites (tertiary alicyclic amines) is 1. The van der Waals surface area contributed by atoms with Crippen molar-refractivity contribution < 1.29 is 27.8 Å². The zero-order valence-electron chi connectivity index (χ0n) is 17.3. The van der Waals surface area contributed by atoms with Crippen molar-refractivity contribution in [2.24, 2.45) is 5.73 Å². The molecular formula is C20H22Cl2F3N3O4S. The summed E-state index contributed by atoms with van der Waals surface area (Å²) in [5, 5.41) is 11.3. The summed E-state index contributed by atoms with van der Waals surface area (Å²) in [5.41, 5.74) is 4.62. The first-order valence-electron chi connectivity index (χ1n) is 10.0. The number of alkyl halides is 3. The molecule has 1 atom stereocenters. The predicted molar refractivity (Wildman–Crippen MR) is 119 cm³/mol. The number of primary amides is 1. The average Bonchev–Trinajstić information content (AvgIpc) is 3.00. The number of β-amino-alcohol motifs (C(OH)–C–C–N with tert-alkyl or cyclic N) is 1. The minimum atomic E-state index is -4.64. The molecular weight excluding hydrogens is 506 g/mol. The number of ether oxygens (including phenoxy) is 1. The lowest BCUT2D eigenvalue weighted by molar-refractivity contribution is -0.128. The lowest BCUT2D eigenvalue weighted by Gasteiger charge is -2.33. The maximum Gasteiger partial charge on any atom is 0.394 e. The highest BCUT2D eigenvalue weighted by atomic mass is 35.5. The van der Waals surface area contributed by atoms with E-state index in [1.54, 1.807) is 18.2 Å². The maximum absolute atomic E-state index is 13.0. The van der Waals surface area contributed by atoms with Crippen LogP contribution in [0.5, 0.6) is 5.75 Å². The largest absolute Gasteiger partial charge is 0.490 e. The molecule has 0 saturated carbocycles. The molecule has 2 aromatic rings. The van der Waals surface area contributed by atoms with Crippen molar-refractivity contribution >= 4 is 40.4 Å². The zero-order chi connectivity index (χ0) is 24.3. The monoisotopic (exact) mass is 527 g/mol. The van der Waals surface area contributed by atoms with E-state index in [0.717, 1.165) is 4.57 Å². The molecule has 0 radical (unpaired) electrons. The van der Waals surface area contributed by atoms with Crippen LogP contribution in [-0.4, -0.2) is 58.5 Å². The number of rotatable bonds is 8. The molecule has 1 aromatic heterocycles. The van der Waals surface area contributed by atoms with E-state index in [1.165, 1.54) is 0 Å². The highest BCUT2D eigenvalue weighted by Crippen LogP contribution is 2.28. The van der Waals surface area contributed by atoms with Crippen LogP contribution in [-0.2, 0) is 13.0 Å². The van der Waals surface area contributed by atoms with Gasteiger partial charge in [0, 0.05) is 25.7 Å². The van der Waals surface area contributed by atoms with E-state index in [-0.39, 0.29) is 19.2 Å². The fourth-order valence-corrected chi connectivity index (χ4v) is 4.85. The minimum absolute atomic E-state index is 0.0633. The summed E-state index contributed by atoms with van der Waals surface area (Å²) >= 11 is 12.2. The standard InChI is InChI=1S/C20H22Cl2F3N3O4S/c21-14-2-1-13(7-15(14)22)32-12-3-5-27(6-4-12)9-11(29)10-28-16(8-20(23,24)25)17(18(26)30)33-19(28)31/h1-2,7,11-12,29H,3-6,8-10H2,(H2,26,30)/t11-/m1/s1. The number of hydrogen-bond acceptors (Lipinski definition) is 6. The molecule has 33 heavy (non-hydrogen) atoms. The van der Waals surface area contributed by atoms with Crippen LogP contribution in [0.25, 0.3) is 0 Å². The van der Waals surface area contributed by atoms with Crippen molar-refractivity contribution in [2.45, 2.75) is 44.2 Å². The summed E-state index contributed by atoms with van der Waals surface area (Å²) in [5.74, 6) is -0.504. The van der Waals surface area contributed by atoms with Gasteiger partial charge < -0.3 is 20.5 Å². The summed E-state index contributed by atoms with van der Waals surface area (Å²) in [6.07, 6.45) is -5.97. The first kappa shape index (κ1) is 25.8. The number of nitrogens with two attached hydrogens (primary N) is 1. The van der Waals surface area contributed by atoms with Crippen molar-refractivity contribution in [3.05, 3.63) is 48.5 Å². The number of nitrogens with zero attached hydrogens (tertiary/aromatic N) is 2. The summed E-state index contributed by atoms with van der Waals surface area (Å²) < 4.78 is 45.6. The Kier molecular flexibility index (Phi) is 8.33. The Hall–Kier alpha value is -1.79. The molecule has 0 spiro atoms. The Balaban J connectivity index is 1.57. The molecule has 3 N–H and O–H groups in total. The topological polar surface area (TPSA) is 97.8 Å². The highest BCUT2D eigenvalue weighted by molar-refractivity contribution is 7.11. The number of piperidine rings is 1. The number of aromatic nitrogens is 1. The predicted octanol–water partition coefficient (Wildman–Crippen LogP) is 3.32. The third kappa shape index (κ3) is 7.10. The molecule has 1 aliphatic rings. The van der Waals surface area contributed by atoms with Gasteiger partial charge in [0.25, 0.3) is 5.91 Å². The van der Waals surface area contributed by atoms with Gasteiger partial charge in [-0.25, -0.2) is 0 Å².